The third-order valence-electron chi connectivity index (χ3n) is 4.27. The van der Waals surface area contributed by atoms with Gasteiger partial charge in [0.2, 0.25) is 5.71 Å². The van der Waals surface area contributed by atoms with Crippen LogP contribution in [0.1, 0.15) is 12.7 Å². The zero-order chi connectivity index (χ0) is 22.7. The number of aliphatic carboxylic acids is 1. The second-order valence-corrected chi connectivity index (χ2v) is 7.43. The van der Waals surface area contributed by atoms with Crippen molar-refractivity contribution in [3.63, 3.8) is 0 Å². The molecule has 164 valence electrons. The average Bonchev–Trinajstić information content (AvgIpc) is 2.73. The zero-order valence-corrected chi connectivity index (χ0v) is 17.2. The van der Waals surface area contributed by atoms with Crippen LogP contribution in [0.5, 0.6) is 0 Å². The molecule has 1 fully saturated rings. The first-order valence-corrected chi connectivity index (χ1v) is 9.83. The second kappa shape index (κ2) is 8.99. The van der Waals surface area contributed by atoms with E-state index in [2.05, 4.69) is 25.3 Å². The van der Waals surface area contributed by atoms with E-state index in [4.69, 9.17) is 10.5 Å². The molecule has 1 aromatic rings. The number of oxime groups is 1. The first kappa shape index (κ1) is 22.0. The molecule has 0 spiro atoms. The number of rotatable bonds is 7. The lowest BCUT2D eigenvalue weighted by Crippen LogP contribution is -2.71. The summed E-state index contributed by atoms with van der Waals surface area (Å²) in [6.07, 6.45) is 1.33. The number of nitrogen functional groups attached to an aromatic ring is 1. The normalized spacial score (nSPS) is 20.5. The quantitative estimate of drug-likeness (QED) is 0.194. The van der Waals surface area contributed by atoms with Crippen LogP contribution in [0.2, 0.25) is 0 Å². The number of hydrogen-bond donors (Lipinski definition) is 3. The van der Waals surface area contributed by atoms with Crippen molar-refractivity contribution in [2.24, 2.45) is 5.16 Å². The Bertz CT molecular complexity index is 1010. The van der Waals surface area contributed by atoms with Gasteiger partial charge in [-0.05, 0) is 6.07 Å². The minimum absolute atomic E-state index is 0.103. The Morgan fingerprint density at radius 2 is 2.19 bits per heavy atom. The van der Waals surface area contributed by atoms with Gasteiger partial charge in [0.15, 0.2) is 5.82 Å². The van der Waals surface area contributed by atoms with E-state index in [0.29, 0.717) is 0 Å². The van der Waals surface area contributed by atoms with Crippen LogP contribution >= 0.6 is 11.8 Å². The number of carboxylic acids is 1. The van der Waals surface area contributed by atoms with Gasteiger partial charge in [-0.3, -0.25) is 19.3 Å². The van der Waals surface area contributed by atoms with Crippen LogP contribution in [0.4, 0.5) is 5.82 Å². The van der Waals surface area contributed by atoms with Crippen molar-refractivity contribution in [1.29, 1.82) is 0 Å². The number of thioether (sulfide) groups is 1. The minimum atomic E-state index is -1.33. The molecule has 1 saturated heterocycles. The van der Waals surface area contributed by atoms with Crippen molar-refractivity contribution in [3.8, 4) is 0 Å². The lowest BCUT2D eigenvalue weighted by molar-refractivity contribution is -0.150. The molecule has 13 nitrogen and oxygen atoms in total. The van der Waals surface area contributed by atoms with Crippen LogP contribution in [0.15, 0.2) is 28.7 Å². The van der Waals surface area contributed by atoms with E-state index in [1.807, 2.05) is 0 Å². The Kier molecular flexibility index (Phi) is 6.39. The van der Waals surface area contributed by atoms with Gasteiger partial charge in [0.05, 0.1) is 0 Å². The molecule has 14 heteroatoms. The van der Waals surface area contributed by atoms with E-state index in [-0.39, 0.29) is 41.0 Å². The highest BCUT2D eigenvalue weighted by atomic mass is 32.2. The van der Waals surface area contributed by atoms with Crippen molar-refractivity contribution < 1.29 is 33.9 Å². The topological polar surface area (TPSA) is 186 Å². The molecule has 1 aromatic heterocycles. The molecule has 3 heterocycles. The van der Waals surface area contributed by atoms with Gasteiger partial charge < -0.3 is 25.7 Å². The number of hydrogen-bond acceptors (Lipinski definition) is 11. The summed E-state index contributed by atoms with van der Waals surface area (Å²) >= 11 is 1.23. The van der Waals surface area contributed by atoms with Crippen LogP contribution in [0.25, 0.3) is 0 Å². The van der Waals surface area contributed by atoms with E-state index in [9.17, 15) is 24.3 Å². The first-order chi connectivity index (χ1) is 14.7. The van der Waals surface area contributed by atoms with Crippen LogP contribution in [0.3, 0.4) is 0 Å². The SMILES string of the molecule is CON=C(C(=O)N[C@@H]1C(=O)N2C(C(=O)O)=C(COC(C)=O)CS[C@H]12)c1nccc(N)n1. The molecule has 3 rings (SSSR count). The number of carbonyl (C=O) groups excluding carboxylic acids is 3. The zero-order valence-electron chi connectivity index (χ0n) is 16.4. The van der Waals surface area contributed by atoms with Crippen molar-refractivity contribution in [3.05, 3.63) is 29.4 Å². The molecular weight excluding hydrogens is 432 g/mol. The fourth-order valence-electron chi connectivity index (χ4n) is 2.95. The fraction of sp³-hybridized carbons (Fsp3) is 0.353. The molecule has 2 aliphatic rings. The van der Waals surface area contributed by atoms with Gasteiger partial charge in [0, 0.05) is 24.4 Å². The summed E-state index contributed by atoms with van der Waals surface area (Å²) in [5.74, 6) is -3.13. The van der Waals surface area contributed by atoms with Crippen LogP contribution < -0.4 is 11.1 Å². The number of aromatic nitrogens is 2. The largest absolute Gasteiger partial charge is 0.477 e. The third kappa shape index (κ3) is 4.42. The number of β-lactam (4-membered cyclic amide) rings is 1. The smallest absolute Gasteiger partial charge is 0.352 e. The van der Waals surface area contributed by atoms with Gasteiger partial charge in [-0.2, -0.15) is 0 Å². The summed E-state index contributed by atoms with van der Waals surface area (Å²) in [5.41, 5.74) is 5.34. The first-order valence-electron chi connectivity index (χ1n) is 8.78. The fourth-order valence-corrected chi connectivity index (χ4v) is 4.28. The molecule has 2 amide bonds. The van der Waals surface area contributed by atoms with Crippen LogP contribution in [0, 0.1) is 0 Å². The van der Waals surface area contributed by atoms with Crippen LogP contribution in [-0.4, -0.2) is 80.3 Å². The summed E-state index contributed by atoms with van der Waals surface area (Å²) in [6, 6.07) is 0.413. The summed E-state index contributed by atoms with van der Waals surface area (Å²) in [4.78, 5) is 61.7. The maximum absolute atomic E-state index is 12.7. The lowest BCUT2D eigenvalue weighted by Gasteiger charge is -2.49. The third-order valence-corrected chi connectivity index (χ3v) is 5.61. The number of carbonyl (C=O) groups is 4. The molecule has 2 aliphatic heterocycles. The standard InChI is InChI=1S/C17H18N6O7S/c1-7(24)30-5-8-6-31-16-11(15(26)23(16)12(8)17(27)28)21-14(25)10(22-29-2)13-19-4-3-9(18)20-13/h3-4,11,16H,5-6H2,1-2H3,(H,21,25)(H,27,28)(H2,18,19,20)/t11-,16-/m1/s1. The van der Waals surface area contributed by atoms with Crippen molar-refractivity contribution in [1.82, 2.24) is 20.2 Å². The van der Waals surface area contributed by atoms with E-state index in [1.54, 1.807) is 0 Å². The predicted octanol–water partition coefficient (Wildman–Crippen LogP) is -1.29. The molecule has 4 N–H and O–H groups in total. The van der Waals surface area contributed by atoms with Crippen molar-refractivity contribution in [2.75, 3.05) is 25.2 Å². The van der Waals surface area contributed by atoms with Crippen molar-refractivity contribution in [2.45, 2.75) is 18.3 Å². The molecule has 31 heavy (non-hydrogen) atoms. The number of carboxylic acid groups (broad SMARTS) is 1. The Balaban J connectivity index is 1.79. The Morgan fingerprint density at radius 1 is 1.45 bits per heavy atom. The molecule has 0 radical (unpaired) electrons. The van der Waals surface area contributed by atoms with Gasteiger partial charge in [-0.1, -0.05) is 5.16 Å². The molecule has 0 bridgehead atoms. The molecule has 0 aromatic carbocycles. The van der Waals surface area contributed by atoms with Crippen molar-refractivity contribution >= 4 is 47.0 Å². The molecule has 0 aliphatic carbocycles. The molecular formula is C17H18N6O7S. The number of nitrogens with zero attached hydrogens (tertiary/aromatic N) is 4. The van der Waals surface area contributed by atoms with Gasteiger partial charge >= 0.3 is 11.9 Å². The maximum atomic E-state index is 12.7. The highest BCUT2D eigenvalue weighted by Crippen LogP contribution is 2.40. The molecule has 0 saturated carbocycles. The lowest BCUT2D eigenvalue weighted by atomic mass is 10.0. The van der Waals surface area contributed by atoms with Gasteiger partial charge in [-0.15, -0.1) is 11.8 Å². The average molecular weight is 450 g/mol. The van der Waals surface area contributed by atoms with E-state index in [1.165, 1.54) is 38.1 Å². The van der Waals surface area contributed by atoms with E-state index >= 15 is 0 Å². The summed E-state index contributed by atoms with van der Waals surface area (Å²) in [6.45, 7) is 0.957. The van der Waals surface area contributed by atoms with Crippen LogP contribution in [-0.2, 0) is 28.8 Å². The summed E-state index contributed by atoms with van der Waals surface area (Å²) in [5, 5.41) is 15.0. The highest BCUT2D eigenvalue weighted by Gasteiger charge is 2.54. The summed E-state index contributed by atoms with van der Waals surface area (Å²) < 4.78 is 4.88. The number of nitrogens with two attached hydrogens (primary N) is 1. The Morgan fingerprint density at radius 3 is 2.81 bits per heavy atom. The van der Waals surface area contributed by atoms with E-state index in [0.717, 1.165) is 4.90 Å². The maximum Gasteiger partial charge on any atom is 0.352 e. The number of amides is 2. The number of esters is 1. The Labute approximate surface area is 179 Å². The highest BCUT2D eigenvalue weighted by molar-refractivity contribution is 8.00. The number of anilines is 1. The summed E-state index contributed by atoms with van der Waals surface area (Å²) in [7, 11) is 1.22. The van der Waals surface area contributed by atoms with Gasteiger partial charge in [0.25, 0.3) is 11.8 Å². The van der Waals surface area contributed by atoms with Gasteiger partial charge in [0.1, 0.15) is 36.6 Å². The second-order valence-electron chi connectivity index (χ2n) is 6.33. The number of ether oxygens (including phenoxy) is 1. The Hall–Kier alpha value is -3.68. The van der Waals surface area contributed by atoms with Gasteiger partial charge in [-0.25, -0.2) is 14.8 Å². The molecule has 2 atom stereocenters. The monoisotopic (exact) mass is 450 g/mol. The molecule has 0 unspecified atom stereocenters. The van der Waals surface area contributed by atoms with E-state index < -0.39 is 35.2 Å². The minimum Gasteiger partial charge on any atom is -0.477 e. The predicted molar refractivity (Wildman–Crippen MR) is 106 cm³/mol. The number of fused-ring (bicyclic) bond motifs is 1. The number of nitrogens with one attached hydrogen (secondary N) is 1.